The largest absolute Gasteiger partial charge is 0.342 e. The van der Waals surface area contributed by atoms with Gasteiger partial charge in [-0.15, -0.1) is 0 Å². The van der Waals surface area contributed by atoms with E-state index in [0.29, 0.717) is 23.1 Å². The smallest absolute Gasteiger partial charge is 0.227 e. The number of hydrogen-bond acceptors (Lipinski definition) is 3. The zero-order valence-electron chi connectivity index (χ0n) is 16.4. The Labute approximate surface area is 161 Å². The van der Waals surface area contributed by atoms with Crippen molar-refractivity contribution in [1.82, 2.24) is 4.90 Å². The number of ketones is 1. The Balaban J connectivity index is 1.48. The van der Waals surface area contributed by atoms with E-state index in [1.165, 1.54) is 13.3 Å². The first-order valence-corrected chi connectivity index (χ1v) is 10.1. The molecular weight excluding hydrogens is 340 g/mol. The zero-order valence-corrected chi connectivity index (χ0v) is 16.4. The molecule has 1 N–H and O–H groups in total. The van der Waals surface area contributed by atoms with Gasteiger partial charge in [-0.3, -0.25) is 14.4 Å². The predicted molar refractivity (Wildman–Crippen MR) is 106 cm³/mol. The molecule has 3 rings (SSSR count). The summed E-state index contributed by atoms with van der Waals surface area (Å²) in [6.45, 7) is 5.51. The van der Waals surface area contributed by atoms with Crippen LogP contribution in [0.5, 0.6) is 0 Å². The van der Waals surface area contributed by atoms with Crippen molar-refractivity contribution in [1.29, 1.82) is 0 Å². The summed E-state index contributed by atoms with van der Waals surface area (Å²) in [5, 5.41) is 2.95. The lowest BCUT2D eigenvalue weighted by molar-refractivity contribution is -0.139. The highest BCUT2D eigenvalue weighted by molar-refractivity contribution is 5.96. The standard InChI is InChI=1S/C22H30N2O3/c1-15-4-3-13-24(14-15)22(27)19-7-5-18(6-8-19)21(26)23-20-11-9-17(10-12-20)16(2)25/h9-12,15,18-19H,3-8,13-14H2,1-2H3,(H,23,26). The van der Waals surface area contributed by atoms with E-state index in [1.54, 1.807) is 24.3 Å². The molecule has 0 radical (unpaired) electrons. The number of rotatable bonds is 4. The van der Waals surface area contributed by atoms with Crippen LogP contribution in [0.1, 0.15) is 62.7 Å². The van der Waals surface area contributed by atoms with Crippen molar-refractivity contribution >= 4 is 23.3 Å². The third kappa shape index (κ3) is 4.96. The number of amides is 2. The highest BCUT2D eigenvalue weighted by atomic mass is 16.2. The van der Waals surface area contributed by atoms with Crippen LogP contribution in [0.4, 0.5) is 5.69 Å². The number of hydrogen-bond donors (Lipinski definition) is 1. The molecular formula is C22H30N2O3. The van der Waals surface area contributed by atoms with Crippen LogP contribution in [0.15, 0.2) is 24.3 Å². The first-order chi connectivity index (χ1) is 12.9. The van der Waals surface area contributed by atoms with Gasteiger partial charge in [-0.1, -0.05) is 6.92 Å². The minimum atomic E-state index is -0.0400. The molecule has 1 aliphatic carbocycles. The molecule has 1 saturated carbocycles. The van der Waals surface area contributed by atoms with Crippen LogP contribution in [0.25, 0.3) is 0 Å². The molecule has 0 aromatic heterocycles. The van der Waals surface area contributed by atoms with Gasteiger partial charge in [0, 0.05) is 36.2 Å². The SMILES string of the molecule is CC(=O)c1ccc(NC(=O)C2CCC(C(=O)N3CCCC(C)C3)CC2)cc1. The Morgan fingerprint density at radius 1 is 0.963 bits per heavy atom. The van der Waals surface area contributed by atoms with Gasteiger partial charge in [0.2, 0.25) is 11.8 Å². The summed E-state index contributed by atoms with van der Waals surface area (Å²) >= 11 is 0. The van der Waals surface area contributed by atoms with Crippen molar-refractivity contribution in [3.63, 3.8) is 0 Å². The number of carbonyl (C=O) groups excluding carboxylic acids is 3. The van der Waals surface area contributed by atoms with Gasteiger partial charge >= 0.3 is 0 Å². The van der Waals surface area contributed by atoms with E-state index in [0.717, 1.165) is 45.2 Å². The van der Waals surface area contributed by atoms with Crippen molar-refractivity contribution in [2.24, 2.45) is 17.8 Å². The quantitative estimate of drug-likeness (QED) is 0.818. The average Bonchev–Trinajstić information content (AvgIpc) is 2.68. The van der Waals surface area contributed by atoms with E-state index < -0.39 is 0 Å². The third-order valence-electron chi connectivity index (χ3n) is 5.97. The number of likely N-dealkylation sites (tertiary alicyclic amines) is 1. The molecule has 1 aliphatic heterocycles. The van der Waals surface area contributed by atoms with E-state index in [2.05, 4.69) is 12.2 Å². The summed E-state index contributed by atoms with van der Waals surface area (Å²) in [6, 6.07) is 6.99. The second kappa shape index (κ2) is 8.68. The van der Waals surface area contributed by atoms with E-state index in [1.807, 2.05) is 4.90 Å². The Morgan fingerprint density at radius 2 is 1.59 bits per heavy atom. The number of Topliss-reactive ketones (excluding diaryl/α,β-unsaturated/α-hetero) is 1. The average molecular weight is 370 g/mol. The summed E-state index contributed by atoms with van der Waals surface area (Å²) in [4.78, 5) is 38.6. The van der Waals surface area contributed by atoms with E-state index in [-0.39, 0.29) is 23.5 Å². The maximum atomic E-state index is 12.8. The first kappa shape index (κ1) is 19.6. The molecule has 1 aromatic carbocycles. The van der Waals surface area contributed by atoms with Gasteiger partial charge in [0.25, 0.3) is 0 Å². The van der Waals surface area contributed by atoms with Crippen molar-refractivity contribution < 1.29 is 14.4 Å². The Hall–Kier alpha value is -2.17. The van der Waals surface area contributed by atoms with Gasteiger partial charge in [0.1, 0.15) is 0 Å². The van der Waals surface area contributed by atoms with Gasteiger partial charge in [0.15, 0.2) is 5.78 Å². The molecule has 5 heteroatoms. The zero-order chi connectivity index (χ0) is 19.4. The molecule has 2 fully saturated rings. The fourth-order valence-electron chi connectivity index (χ4n) is 4.28. The summed E-state index contributed by atoms with van der Waals surface area (Å²) < 4.78 is 0. The predicted octanol–water partition coefficient (Wildman–Crippen LogP) is 3.89. The monoisotopic (exact) mass is 370 g/mol. The molecule has 0 spiro atoms. The maximum absolute atomic E-state index is 12.8. The number of nitrogens with zero attached hydrogens (tertiary/aromatic N) is 1. The van der Waals surface area contributed by atoms with Gasteiger partial charge in [-0.05, 0) is 75.6 Å². The second-order valence-electron chi connectivity index (χ2n) is 8.20. The summed E-state index contributed by atoms with van der Waals surface area (Å²) in [6.07, 6.45) is 5.43. The topological polar surface area (TPSA) is 66.5 Å². The van der Waals surface area contributed by atoms with Crippen LogP contribution in [0.2, 0.25) is 0 Å². The number of carbonyl (C=O) groups is 3. The van der Waals surface area contributed by atoms with E-state index in [9.17, 15) is 14.4 Å². The van der Waals surface area contributed by atoms with Crippen molar-refractivity contribution in [2.45, 2.75) is 52.4 Å². The van der Waals surface area contributed by atoms with Crippen molar-refractivity contribution in [2.75, 3.05) is 18.4 Å². The molecule has 1 saturated heterocycles. The molecule has 1 aromatic rings. The Kier molecular flexibility index (Phi) is 6.30. The minimum Gasteiger partial charge on any atom is -0.342 e. The van der Waals surface area contributed by atoms with Gasteiger partial charge in [0.05, 0.1) is 0 Å². The van der Waals surface area contributed by atoms with Crippen LogP contribution >= 0.6 is 0 Å². The van der Waals surface area contributed by atoms with Gasteiger partial charge in [-0.25, -0.2) is 0 Å². The van der Waals surface area contributed by atoms with Crippen LogP contribution < -0.4 is 5.32 Å². The highest BCUT2D eigenvalue weighted by Crippen LogP contribution is 2.32. The summed E-state index contributed by atoms with van der Waals surface area (Å²) in [5.41, 5.74) is 1.35. The lowest BCUT2D eigenvalue weighted by Gasteiger charge is -2.35. The summed E-state index contributed by atoms with van der Waals surface area (Å²) in [7, 11) is 0. The van der Waals surface area contributed by atoms with E-state index in [4.69, 9.17) is 0 Å². The van der Waals surface area contributed by atoms with Crippen LogP contribution in [-0.4, -0.2) is 35.6 Å². The van der Waals surface area contributed by atoms with Crippen molar-refractivity contribution in [3.05, 3.63) is 29.8 Å². The lowest BCUT2D eigenvalue weighted by Crippen LogP contribution is -2.43. The number of piperidine rings is 1. The molecule has 1 unspecified atom stereocenters. The van der Waals surface area contributed by atoms with Gasteiger partial charge in [-0.2, -0.15) is 0 Å². The molecule has 0 bridgehead atoms. The van der Waals surface area contributed by atoms with Crippen LogP contribution in [0, 0.1) is 17.8 Å². The number of benzene rings is 1. The highest BCUT2D eigenvalue weighted by Gasteiger charge is 2.33. The molecule has 27 heavy (non-hydrogen) atoms. The maximum Gasteiger partial charge on any atom is 0.227 e. The fraction of sp³-hybridized carbons (Fsp3) is 0.591. The molecule has 1 atom stereocenters. The Bertz CT molecular complexity index is 690. The van der Waals surface area contributed by atoms with Crippen LogP contribution in [-0.2, 0) is 9.59 Å². The number of nitrogens with one attached hydrogen (secondary N) is 1. The molecule has 146 valence electrons. The van der Waals surface area contributed by atoms with E-state index >= 15 is 0 Å². The Morgan fingerprint density at radius 3 is 2.19 bits per heavy atom. The summed E-state index contributed by atoms with van der Waals surface area (Å²) in [5.74, 6) is 0.956. The minimum absolute atomic E-state index is 0.0129. The molecule has 2 aliphatic rings. The molecule has 1 heterocycles. The number of anilines is 1. The van der Waals surface area contributed by atoms with Crippen molar-refractivity contribution in [3.8, 4) is 0 Å². The molecule has 5 nitrogen and oxygen atoms in total. The van der Waals surface area contributed by atoms with Gasteiger partial charge < -0.3 is 10.2 Å². The third-order valence-corrected chi connectivity index (χ3v) is 5.97. The second-order valence-corrected chi connectivity index (χ2v) is 8.20. The molecule has 2 amide bonds. The fourth-order valence-corrected chi connectivity index (χ4v) is 4.28. The van der Waals surface area contributed by atoms with Crippen LogP contribution in [0.3, 0.4) is 0 Å². The normalized spacial score (nSPS) is 25.7. The lowest BCUT2D eigenvalue weighted by atomic mass is 9.80. The first-order valence-electron chi connectivity index (χ1n) is 10.1.